The zero-order valence-electron chi connectivity index (χ0n) is 9.42. The van der Waals surface area contributed by atoms with Crippen molar-refractivity contribution in [2.24, 2.45) is 0 Å². The van der Waals surface area contributed by atoms with Gasteiger partial charge in [0.1, 0.15) is 5.75 Å². The number of terminal acetylenes is 1. The molecule has 0 aliphatic rings. The fourth-order valence-corrected chi connectivity index (χ4v) is 1.52. The summed E-state index contributed by atoms with van der Waals surface area (Å²) in [5.74, 6) is 3.26. The fraction of sp³-hybridized carbons (Fsp3) is 0.385. The molecule has 0 aliphatic carbocycles. The van der Waals surface area contributed by atoms with E-state index in [1.54, 1.807) is 0 Å². The van der Waals surface area contributed by atoms with Crippen LogP contribution in [-0.4, -0.2) is 13.2 Å². The summed E-state index contributed by atoms with van der Waals surface area (Å²) in [6, 6.07) is 5.78. The summed E-state index contributed by atoms with van der Waals surface area (Å²) in [6.45, 7) is 4.03. The summed E-state index contributed by atoms with van der Waals surface area (Å²) in [7, 11) is 0. The quantitative estimate of drug-likeness (QED) is 0.607. The van der Waals surface area contributed by atoms with Crippen molar-refractivity contribution >= 4 is 11.6 Å². The first-order chi connectivity index (χ1) is 7.77. The van der Waals surface area contributed by atoms with Gasteiger partial charge in [-0.05, 0) is 24.1 Å². The highest BCUT2D eigenvalue weighted by Gasteiger charge is 2.02. The third kappa shape index (κ3) is 4.14. The zero-order valence-corrected chi connectivity index (χ0v) is 10.2. The molecule has 1 aromatic carbocycles. The molecule has 0 bridgehead atoms. The molecule has 0 amide bonds. The van der Waals surface area contributed by atoms with E-state index in [0.717, 1.165) is 24.3 Å². The Morgan fingerprint density at radius 1 is 1.50 bits per heavy atom. The van der Waals surface area contributed by atoms with Gasteiger partial charge in [-0.25, -0.2) is 0 Å². The summed E-state index contributed by atoms with van der Waals surface area (Å²) in [4.78, 5) is 0. The Kier molecular flexibility index (Phi) is 5.77. The molecule has 0 heterocycles. The number of ether oxygens (including phenoxy) is 1. The van der Waals surface area contributed by atoms with Crippen molar-refractivity contribution < 1.29 is 4.74 Å². The lowest BCUT2D eigenvalue weighted by atomic mass is 10.2. The first-order valence-electron chi connectivity index (χ1n) is 5.33. The lowest BCUT2D eigenvalue weighted by molar-refractivity contribution is 0.317. The van der Waals surface area contributed by atoms with Gasteiger partial charge in [-0.2, -0.15) is 0 Å². The van der Waals surface area contributed by atoms with Crippen LogP contribution in [0.5, 0.6) is 5.75 Å². The molecule has 86 valence electrons. The smallest absolute Gasteiger partial charge is 0.137 e. The van der Waals surface area contributed by atoms with Gasteiger partial charge in [-0.3, -0.25) is 0 Å². The highest BCUT2D eigenvalue weighted by Crippen LogP contribution is 2.25. The summed E-state index contributed by atoms with van der Waals surface area (Å²) in [6.07, 6.45) is 6.12. The van der Waals surface area contributed by atoms with Crippen molar-refractivity contribution in [3.05, 3.63) is 28.8 Å². The minimum absolute atomic E-state index is 0.561. The number of hydrogen-bond donors (Lipinski definition) is 1. The van der Waals surface area contributed by atoms with Crippen molar-refractivity contribution in [1.29, 1.82) is 0 Å². The molecule has 0 atom stereocenters. The molecule has 0 fully saturated rings. The van der Waals surface area contributed by atoms with Gasteiger partial charge in [0, 0.05) is 6.54 Å². The third-order valence-corrected chi connectivity index (χ3v) is 2.31. The highest BCUT2D eigenvalue weighted by molar-refractivity contribution is 6.32. The largest absolute Gasteiger partial charge is 0.492 e. The number of nitrogens with one attached hydrogen (secondary N) is 1. The van der Waals surface area contributed by atoms with Crippen molar-refractivity contribution in [1.82, 2.24) is 5.32 Å². The van der Waals surface area contributed by atoms with E-state index in [0.29, 0.717) is 18.2 Å². The summed E-state index contributed by atoms with van der Waals surface area (Å²) in [5.41, 5.74) is 1.10. The van der Waals surface area contributed by atoms with E-state index in [2.05, 4.69) is 18.2 Å². The third-order valence-electron chi connectivity index (χ3n) is 2.01. The molecular formula is C13H16ClNO. The van der Waals surface area contributed by atoms with Crippen LogP contribution in [0.25, 0.3) is 0 Å². The first kappa shape index (κ1) is 12.9. The van der Waals surface area contributed by atoms with Crippen molar-refractivity contribution in [2.75, 3.05) is 13.2 Å². The highest BCUT2D eigenvalue weighted by atomic mass is 35.5. The molecule has 0 aromatic heterocycles. The van der Waals surface area contributed by atoms with E-state index in [1.165, 1.54) is 0 Å². The maximum atomic E-state index is 6.08. The molecule has 0 aliphatic heterocycles. The topological polar surface area (TPSA) is 21.3 Å². The molecule has 2 nitrogen and oxygen atoms in total. The van der Waals surface area contributed by atoms with E-state index in [-0.39, 0.29) is 0 Å². The van der Waals surface area contributed by atoms with Gasteiger partial charge in [0.2, 0.25) is 0 Å². The molecule has 1 aromatic rings. The molecule has 0 saturated heterocycles. The Labute approximate surface area is 102 Å². The van der Waals surface area contributed by atoms with Gasteiger partial charge in [-0.1, -0.05) is 30.5 Å². The van der Waals surface area contributed by atoms with Crippen LogP contribution in [0, 0.1) is 12.3 Å². The molecule has 3 heteroatoms. The monoisotopic (exact) mass is 237 g/mol. The molecule has 0 unspecified atom stereocenters. The number of halogens is 1. The van der Waals surface area contributed by atoms with Gasteiger partial charge in [0.15, 0.2) is 0 Å². The maximum Gasteiger partial charge on any atom is 0.137 e. The van der Waals surface area contributed by atoms with Crippen molar-refractivity contribution in [3.63, 3.8) is 0 Å². The molecule has 0 spiro atoms. The van der Waals surface area contributed by atoms with Gasteiger partial charge in [-0.15, -0.1) is 6.42 Å². The fourth-order valence-electron chi connectivity index (χ4n) is 1.26. The average Bonchev–Trinajstić information content (AvgIpc) is 2.28. The Morgan fingerprint density at radius 2 is 2.31 bits per heavy atom. The normalized spacial score (nSPS) is 9.81. The summed E-state index contributed by atoms with van der Waals surface area (Å²) in [5, 5.41) is 3.75. The van der Waals surface area contributed by atoms with Gasteiger partial charge < -0.3 is 10.1 Å². The van der Waals surface area contributed by atoms with E-state index in [9.17, 15) is 0 Å². The average molecular weight is 238 g/mol. The molecule has 1 N–H and O–H groups in total. The van der Waals surface area contributed by atoms with Gasteiger partial charge in [0.05, 0.1) is 18.2 Å². The lowest BCUT2D eigenvalue weighted by Crippen LogP contribution is -2.12. The molecule has 16 heavy (non-hydrogen) atoms. The molecule has 0 saturated carbocycles. The standard InChI is InChI=1S/C13H16ClNO/c1-3-7-15-10-11-5-6-13(12(14)9-11)16-8-4-2/h1,5-6,9,15H,4,7-8,10H2,2H3. The number of rotatable bonds is 6. The molecule has 0 radical (unpaired) electrons. The van der Waals surface area contributed by atoms with Crippen LogP contribution in [0.1, 0.15) is 18.9 Å². The number of hydrogen-bond acceptors (Lipinski definition) is 2. The minimum Gasteiger partial charge on any atom is -0.492 e. The second-order valence-corrected chi connectivity index (χ2v) is 3.83. The SMILES string of the molecule is C#CCNCc1ccc(OCCC)c(Cl)c1. The predicted octanol–water partition coefficient (Wildman–Crippen LogP) is 2.85. The van der Waals surface area contributed by atoms with Crippen LogP contribution in [0.4, 0.5) is 0 Å². The van der Waals surface area contributed by atoms with E-state index < -0.39 is 0 Å². The van der Waals surface area contributed by atoms with Crippen molar-refractivity contribution in [2.45, 2.75) is 19.9 Å². The van der Waals surface area contributed by atoms with Crippen LogP contribution < -0.4 is 10.1 Å². The maximum absolute atomic E-state index is 6.08. The Morgan fingerprint density at radius 3 is 2.94 bits per heavy atom. The summed E-state index contributed by atoms with van der Waals surface area (Å²) >= 11 is 6.08. The Balaban J connectivity index is 2.57. The Hall–Kier alpha value is -1.17. The predicted molar refractivity (Wildman–Crippen MR) is 67.8 cm³/mol. The van der Waals surface area contributed by atoms with Crippen molar-refractivity contribution in [3.8, 4) is 18.1 Å². The van der Waals surface area contributed by atoms with Gasteiger partial charge >= 0.3 is 0 Å². The second-order valence-electron chi connectivity index (χ2n) is 3.42. The van der Waals surface area contributed by atoms with E-state index >= 15 is 0 Å². The van der Waals surface area contributed by atoms with Crippen LogP contribution >= 0.6 is 11.6 Å². The minimum atomic E-state index is 0.561. The van der Waals surface area contributed by atoms with Crippen LogP contribution in [0.15, 0.2) is 18.2 Å². The second kappa shape index (κ2) is 7.16. The van der Waals surface area contributed by atoms with Crippen LogP contribution in [0.2, 0.25) is 5.02 Å². The Bertz CT molecular complexity index is 371. The first-order valence-corrected chi connectivity index (χ1v) is 5.71. The zero-order chi connectivity index (χ0) is 11.8. The summed E-state index contributed by atoms with van der Waals surface area (Å²) < 4.78 is 5.48. The van der Waals surface area contributed by atoms with Crippen LogP contribution in [0.3, 0.4) is 0 Å². The molecule has 1 rings (SSSR count). The lowest BCUT2D eigenvalue weighted by Gasteiger charge is -2.08. The van der Waals surface area contributed by atoms with Gasteiger partial charge in [0.25, 0.3) is 0 Å². The van der Waals surface area contributed by atoms with E-state index in [1.807, 2.05) is 18.2 Å². The van der Waals surface area contributed by atoms with E-state index in [4.69, 9.17) is 22.8 Å². The molecular weight excluding hydrogens is 222 g/mol. The van der Waals surface area contributed by atoms with Crippen LogP contribution in [-0.2, 0) is 6.54 Å². The number of benzene rings is 1.